The number of nitrogens with one attached hydrogen (secondary N) is 1. The number of benzene rings is 1. The number of rotatable bonds is 6. The van der Waals surface area contributed by atoms with Crippen molar-refractivity contribution in [2.45, 2.75) is 12.5 Å². The second-order valence-corrected chi connectivity index (χ2v) is 8.45. The van der Waals surface area contributed by atoms with Crippen LogP contribution in [-0.2, 0) is 14.6 Å². The van der Waals surface area contributed by atoms with E-state index in [-0.39, 0.29) is 30.1 Å². The number of aromatic nitrogens is 1. The topological polar surface area (TPSA) is 88.6 Å². The second kappa shape index (κ2) is 7.74. The Morgan fingerprint density at radius 1 is 1.27 bits per heavy atom. The Kier molecular flexibility index (Phi) is 5.41. The molecule has 1 atom stereocenters. The molecule has 8 heteroatoms. The van der Waals surface area contributed by atoms with Crippen LogP contribution in [0.25, 0.3) is 0 Å². The van der Waals surface area contributed by atoms with E-state index in [1.54, 1.807) is 24.4 Å². The van der Waals surface area contributed by atoms with Crippen LogP contribution >= 0.6 is 0 Å². The zero-order chi connectivity index (χ0) is 18.6. The predicted octanol–water partition coefficient (Wildman–Crippen LogP) is 1.72. The van der Waals surface area contributed by atoms with Crippen LogP contribution in [0.15, 0.2) is 48.7 Å². The predicted molar refractivity (Wildman–Crippen MR) is 100 cm³/mol. The number of ether oxygens (including phenoxy) is 1. The lowest BCUT2D eigenvalue weighted by Gasteiger charge is -2.25. The van der Waals surface area contributed by atoms with Gasteiger partial charge in [-0.25, -0.2) is 13.4 Å². The summed E-state index contributed by atoms with van der Waals surface area (Å²) in [4.78, 5) is 18.1. The minimum Gasteiger partial charge on any atom is -0.484 e. The molecule has 1 aromatic carbocycles. The van der Waals surface area contributed by atoms with Crippen LogP contribution in [-0.4, -0.2) is 50.5 Å². The van der Waals surface area contributed by atoms with Gasteiger partial charge in [-0.3, -0.25) is 4.79 Å². The number of carbonyl (C=O) groups is 1. The molecule has 2 aromatic rings. The van der Waals surface area contributed by atoms with Gasteiger partial charge in [-0.05, 0) is 30.7 Å². The van der Waals surface area contributed by atoms with Crippen molar-refractivity contribution < 1.29 is 17.9 Å². The molecule has 138 valence electrons. The fourth-order valence-electron chi connectivity index (χ4n) is 2.80. The van der Waals surface area contributed by atoms with Crippen LogP contribution in [0, 0.1) is 0 Å². The highest BCUT2D eigenvalue weighted by Crippen LogP contribution is 2.23. The van der Waals surface area contributed by atoms with Crippen molar-refractivity contribution in [2.24, 2.45) is 0 Å². The first-order valence-corrected chi connectivity index (χ1v) is 10.1. The van der Waals surface area contributed by atoms with E-state index in [0.29, 0.717) is 18.0 Å². The normalized spacial score (nSPS) is 18.3. The first kappa shape index (κ1) is 18.2. The highest BCUT2D eigenvalue weighted by molar-refractivity contribution is 7.91. The number of anilines is 2. The van der Waals surface area contributed by atoms with Crippen molar-refractivity contribution in [2.75, 3.05) is 35.4 Å². The molecule has 2 heterocycles. The zero-order valence-electron chi connectivity index (χ0n) is 14.5. The van der Waals surface area contributed by atoms with E-state index in [4.69, 9.17) is 4.74 Å². The molecule has 1 aromatic heterocycles. The second-order valence-electron chi connectivity index (χ2n) is 6.22. The maximum atomic E-state index is 11.9. The van der Waals surface area contributed by atoms with E-state index < -0.39 is 9.84 Å². The fourth-order valence-corrected chi connectivity index (χ4v) is 4.58. The van der Waals surface area contributed by atoms with Crippen molar-refractivity contribution in [1.29, 1.82) is 0 Å². The number of sulfone groups is 1. The van der Waals surface area contributed by atoms with Crippen molar-refractivity contribution in [3.05, 3.63) is 48.7 Å². The number of para-hydroxylation sites is 1. The number of carbonyl (C=O) groups excluding carboxylic acids is 1. The molecule has 1 saturated heterocycles. The Labute approximate surface area is 152 Å². The van der Waals surface area contributed by atoms with Gasteiger partial charge in [0.2, 0.25) is 0 Å². The molecule has 1 unspecified atom stereocenters. The molecule has 3 rings (SSSR count). The van der Waals surface area contributed by atoms with Gasteiger partial charge in [-0.1, -0.05) is 18.2 Å². The molecule has 7 nitrogen and oxygen atoms in total. The number of pyridine rings is 1. The monoisotopic (exact) mass is 375 g/mol. The molecule has 1 aliphatic heterocycles. The van der Waals surface area contributed by atoms with Crippen LogP contribution in [0.4, 0.5) is 11.5 Å². The van der Waals surface area contributed by atoms with Gasteiger partial charge in [-0.15, -0.1) is 0 Å². The molecular formula is C18H21N3O4S. The third-order valence-corrected chi connectivity index (χ3v) is 6.04. The molecule has 0 aliphatic carbocycles. The summed E-state index contributed by atoms with van der Waals surface area (Å²) in [7, 11) is -1.08. The van der Waals surface area contributed by atoms with E-state index >= 15 is 0 Å². The highest BCUT2D eigenvalue weighted by Gasteiger charge is 2.30. The summed E-state index contributed by atoms with van der Waals surface area (Å²) in [6.45, 7) is -0.104. The van der Waals surface area contributed by atoms with E-state index in [1.165, 1.54) is 0 Å². The summed E-state index contributed by atoms with van der Waals surface area (Å²) in [6, 6.07) is 12.6. The first-order valence-electron chi connectivity index (χ1n) is 8.30. The quantitative estimate of drug-likeness (QED) is 0.827. The molecule has 0 saturated carbocycles. The lowest BCUT2D eigenvalue weighted by molar-refractivity contribution is -0.118. The summed E-state index contributed by atoms with van der Waals surface area (Å²) in [5, 5.41) is 2.67. The van der Waals surface area contributed by atoms with Crippen LogP contribution in [0.2, 0.25) is 0 Å². The van der Waals surface area contributed by atoms with E-state index in [0.717, 1.165) is 5.69 Å². The Hall–Kier alpha value is -2.61. The van der Waals surface area contributed by atoms with Gasteiger partial charge in [0.05, 0.1) is 23.4 Å². The van der Waals surface area contributed by atoms with Crippen molar-refractivity contribution in [3.63, 3.8) is 0 Å². The van der Waals surface area contributed by atoms with Gasteiger partial charge in [0, 0.05) is 13.1 Å². The van der Waals surface area contributed by atoms with Crippen molar-refractivity contribution >= 4 is 27.2 Å². The maximum absolute atomic E-state index is 11.9. The Morgan fingerprint density at radius 3 is 2.65 bits per heavy atom. The van der Waals surface area contributed by atoms with Gasteiger partial charge in [0.1, 0.15) is 11.6 Å². The Morgan fingerprint density at radius 2 is 2.04 bits per heavy atom. The third kappa shape index (κ3) is 4.72. The highest BCUT2D eigenvalue weighted by atomic mass is 32.2. The summed E-state index contributed by atoms with van der Waals surface area (Å²) in [5.74, 6) is 1.13. The molecule has 1 N–H and O–H groups in total. The van der Waals surface area contributed by atoms with Gasteiger partial charge in [0.25, 0.3) is 5.91 Å². The summed E-state index contributed by atoms with van der Waals surface area (Å²) in [6.07, 6.45) is 2.24. The summed E-state index contributed by atoms with van der Waals surface area (Å²) in [5.41, 5.74) is 0.811. The zero-order valence-corrected chi connectivity index (χ0v) is 15.3. The first-order chi connectivity index (χ1) is 12.4. The lowest BCUT2D eigenvalue weighted by Crippen LogP contribution is -2.32. The minimum atomic E-state index is -2.93. The maximum Gasteiger partial charge on any atom is 0.263 e. The van der Waals surface area contributed by atoms with Crippen LogP contribution < -0.4 is 15.0 Å². The molecule has 26 heavy (non-hydrogen) atoms. The number of nitrogens with zero attached hydrogens (tertiary/aromatic N) is 2. The number of hydrogen-bond acceptors (Lipinski definition) is 6. The van der Waals surface area contributed by atoms with E-state index in [1.807, 2.05) is 36.2 Å². The van der Waals surface area contributed by atoms with Gasteiger partial charge >= 0.3 is 0 Å². The molecule has 1 amide bonds. The SMILES string of the molecule is CN(c1ccc(NC(=O)COc2ccccc2)nc1)C1CCS(=O)(=O)C1. The van der Waals surface area contributed by atoms with Gasteiger partial charge in [0.15, 0.2) is 16.4 Å². The van der Waals surface area contributed by atoms with Gasteiger partial charge < -0.3 is 15.0 Å². The standard InChI is InChI=1S/C18H21N3O4S/c1-21(15-9-10-26(23,24)13-15)14-7-8-17(19-11-14)20-18(22)12-25-16-5-3-2-4-6-16/h2-8,11,15H,9-10,12-13H2,1H3,(H,19,20,22). The molecule has 0 bridgehead atoms. The average molecular weight is 375 g/mol. The van der Waals surface area contributed by atoms with Gasteiger partial charge in [-0.2, -0.15) is 0 Å². The molecule has 0 radical (unpaired) electrons. The van der Waals surface area contributed by atoms with Crippen molar-refractivity contribution in [3.8, 4) is 5.75 Å². The Balaban J connectivity index is 1.53. The van der Waals surface area contributed by atoms with E-state index in [9.17, 15) is 13.2 Å². The van der Waals surface area contributed by atoms with E-state index in [2.05, 4.69) is 10.3 Å². The number of hydrogen-bond donors (Lipinski definition) is 1. The van der Waals surface area contributed by atoms with Crippen LogP contribution in [0.5, 0.6) is 5.75 Å². The lowest BCUT2D eigenvalue weighted by atomic mass is 10.2. The molecule has 1 aliphatic rings. The third-order valence-electron chi connectivity index (χ3n) is 4.29. The molecule has 1 fully saturated rings. The van der Waals surface area contributed by atoms with Crippen LogP contribution in [0.3, 0.4) is 0 Å². The largest absolute Gasteiger partial charge is 0.484 e. The average Bonchev–Trinajstić information content (AvgIpc) is 3.01. The molecular weight excluding hydrogens is 354 g/mol. The molecule has 0 spiro atoms. The smallest absolute Gasteiger partial charge is 0.263 e. The fraction of sp³-hybridized carbons (Fsp3) is 0.333. The van der Waals surface area contributed by atoms with Crippen LogP contribution in [0.1, 0.15) is 6.42 Å². The summed E-state index contributed by atoms with van der Waals surface area (Å²) < 4.78 is 28.6. The number of amides is 1. The van der Waals surface area contributed by atoms with Crippen molar-refractivity contribution in [1.82, 2.24) is 4.98 Å². The minimum absolute atomic E-state index is 0.0403. The summed E-state index contributed by atoms with van der Waals surface area (Å²) >= 11 is 0. The Bertz CT molecular complexity index is 854.